The summed E-state index contributed by atoms with van der Waals surface area (Å²) in [6.07, 6.45) is 8.35. The average molecular weight is 406 g/mol. The number of pyridine rings is 1. The Labute approximate surface area is 173 Å². The van der Waals surface area contributed by atoms with Crippen LogP contribution in [0.1, 0.15) is 25.7 Å². The van der Waals surface area contributed by atoms with Gasteiger partial charge in [-0.05, 0) is 49.9 Å². The topological polar surface area (TPSA) is 66.3 Å². The van der Waals surface area contributed by atoms with Gasteiger partial charge in [-0.2, -0.15) is 0 Å². The number of likely N-dealkylation sites (tertiary alicyclic amines) is 1. The van der Waals surface area contributed by atoms with Gasteiger partial charge in [0, 0.05) is 48.9 Å². The molecule has 1 aliphatic carbocycles. The summed E-state index contributed by atoms with van der Waals surface area (Å²) in [6.45, 7) is 3.72. The molecule has 7 nitrogen and oxygen atoms in total. The van der Waals surface area contributed by atoms with Crippen molar-refractivity contribution in [2.75, 3.05) is 36.4 Å². The summed E-state index contributed by atoms with van der Waals surface area (Å²) in [7, 11) is 0. The van der Waals surface area contributed by atoms with Crippen LogP contribution in [0.15, 0.2) is 36.7 Å². The van der Waals surface area contributed by atoms with Crippen LogP contribution < -0.4 is 10.2 Å². The molecule has 1 saturated carbocycles. The number of halogens is 1. The minimum absolute atomic E-state index is 0.148. The molecule has 1 N–H and O–H groups in total. The van der Waals surface area contributed by atoms with E-state index in [2.05, 4.69) is 26.4 Å². The maximum absolute atomic E-state index is 14.6. The number of anilines is 2. The monoisotopic (exact) mass is 406 g/mol. The number of fused-ring (bicyclic) bond motifs is 1. The van der Waals surface area contributed by atoms with E-state index in [-0.39, 0.29) is 11.7 Å². The van der Waals surface area contributed by atoms with Gasteiger partial charge in [-0.1, -0.05) is 0 Å². The van der Waals surface area contributed by atoms with Crippen LogP contribution in [0, 0.1) is 11.2 Å². The Balaban J connectivity index is 1.26. The van der Waals surface area contributed by atoms with Crippen LogP contribution in [0.5, 0.6) is 0 Å². The lowest BCUT2D eigenvalue weighted by Gasteiger charge is -2.41. The molecule has 30 heavy (non-hydrogen) atoms. The molecule has 2 aliphatic heterocycles. The number of hydrogen-bond donors (Lipinski definition) is 1. The quantitative estimate of drug-likeness (QED) is 0.719. The molecule has 2 amide bonds. The molecular formula is C22H23FN6O. The number of benzene rings is 1. The molecule has 1 spiro atoms. The first kappa shape index (κ1) is 17.7. The van der Waals surface area contributed by atoms with Gasteiger partial charge in [0.1, 0.15) is 11.5 Å². The number of urea groups is 1. The van der Waals surface area contributed by atoms with Gasteiger partial charge in [0.25, 0.3) is 0 Å². The van der Waals surface area contributed by atoms with Gasteiger partial charge in [0.15, 0.2) is 5.65 Å². The molecule has 154 valence electrons. The standard InChI is InChI=1S/C22H23FN6O/c23-18-4-3-16(25-21(30)27-7-1-2-8-27)10-19(18)29-12-15-9-17(11-24-20(15)26-29)28-13-22(14-28)5-6-22/h3-4,9-12H,1-2,5-8,13-14H2,(H,25,30). The van der Waals surface area contributed by atoms with Gasteiger partial charge >= 0.3 is 6.03 Å². The fourth-order valence-corrected chi connectivity index (χ4v) is 4.53. The van der Waals surface area contributed by atoms with Crippen LogP contribution in [0.3, 0.4) is 0 Å². The van der Waals surface area contributed by atoms with E-state index in [1.165, 1.54) is 23.6 Å². The highest BCUT2D eigenvalue weighted by atomic mass is 19.1. The summed E-state index contributed by atoms with van der Waals surface area (Å²) < 4.78 is 16.1. The van der Waals surface area contributed by atoms with E-state index in [1.807, 2.05) is 6.20 Å². The molecule has 1 aromatic carbocycles. The van der Waals surface area contributed by atoms with Crippen molar-refractivity contribution in [2.45, 2.75) is 25.7 Å². The molecule has 0 bridgehead atoms. The van der Waals surface area contributed by atoms with Crippen LogP contribution in [0.2, 0.25) is 0 Å². The van der Waals surface area contributed by atoms with Gasteiger partial charge in [-0.25, -0.2) is 18.9 Å². The lowest BCUT2D eigenvalue weighted by Crippen LogP contribution is -2.48. The number of hydrogen-bond acceptors (Lipinski definition) is 4. The number of nitrogens with zero attached hydrogens (tertiary/aromatic N) is 5. The zero-order chi connectivity index (χ0) is 20.3. The van der Waals surface area contributed by atoms with Crippen LogP contribution >= 0.6 is 0 Å². The SMILES string of the molecule is O=C(Nc1ccc(F)c(-n2cc3cc(N4CC5(CC5)C4)cnc3n2)c1)N1CCCC1. The lowest BCUT2D eigenvalue weighted by molar-refractivity contribution is 0.222. The smallest absolute Gasteiger partial charge is 0.321 e. The number of rotatable bonds is 3. The largest absolute Gasteiger partial charge is 0.369 e. The maximum Gasteiger partial charge on any atom is 0.321 e. The highest BCUT2D eigenvalue weighted by molar-refractivity contribution is 5.90. The fraction of sp³-hybridized carbons (Fsp3) is 0.409. The number of carbonyl (C=O) groups excluding carboxylic acids is 1. The molecule has 3 aliphatic rings. The van der Waals surface area contributed by atoms with E-state index in [4.69, 9.17) is 0 Å². The first-order chi connectivity index (χ1) is 14.6. The Hall–Kier alpha value is -3.16. The van der Waals surface area contributed by atoms with Crippen molar-refractivity contribution in [3.05, 3.63) is 42.5 Å². The zero-order valence-electron chi connectivity index (χ0n) is 16.6. The van der Waals surface area contributed by atoms with Crippen LogP contribution in [0.25, 0.3) is 16.7 Å². The Bertz CT molecular complexity index is 1140. The Kier molecular flexibility index (Phi) is 3.78. The highest BCUT2D eigenvalue weighted by Gasteiger charge is 2.52. The predicted molar refractivity (Wildman–Crippen MR) is 113 cm³/mol. The van der Waals surface area contributed by atoms with E-state index in [0.29, 0.717) is 16.7 Å². The van der Waals surface area contributed by atoms with Crippen LogP contribution in [-0.4, -0.2) is 51.9 Å². The van der Waals surface area contributed by atoms with E-state index in [9.17, 15) is 9.18 Å². The lowest BCUT2D eigenvalue weighted by atomic mass is 9.96. The third kappa shape index (κ3) is 2.98. The molecule has 0 radical (unpaired) electrons. The molecule has 4 heterocycles. The molecule has 0 unspecified atom stereocenters. The zero-order valence-corrected chi connectivity index (χ0v) is 16.6. The van der Waals surface area contributed by atoms with Crippen molar-refractivity contribution >= 4 is 28.4 Å². The van der Waals surface area contributed by atoms with Gasteiger partial charge in [-0.15, -0.1) is 5.10 Å². The average Bonchev–Trinajstić information content (AvgIpc) is 3.14. The second-order valence-electron chi connectivity index (χ2n) is 8.83. The summed E-state index contributed by atoms with van der Waals surface area (Å²) >= 11 is 0. The summed E-state index contributed by atoms with van der Waals surface area (Å²) in [5, 5.41) is 8.19. The van der Waals surface area contributed by atoms with Gasteiger partial charge < -0.3 is 15.1 Å². The second-order valence-corrected chi connectivity index (χ2v) is 8.83. The fourth-order valence-electron chi connectivity index (χ4n) is 4.53. The summed E-state index contributed by atoms with van der Waals surface area (Å²) in [5.41, 5.74) is 3.07. The summed E-state index contributed by atoms with van der Waals surface area (Å²) in [5.74, 6) is -0.402. The molecule has 0 atom stereocenters. The molecule has 3 aromatic rings. The van der Waals surface area contributed by atoms with Crippen molar-refractivity contribution in [3.8, 4) is 5.69 Å². The normalized spacial score (nSPS) is 19.4. The third-order valence-corrected chi connectivity index (χ3v) is 6.56. The van der Waals surface area contributed by atoms with Crippen molar-refractivity contribution in [2.24, 2.45) is 5.41 Å². The molecule has 2 aromatic heterocycles. The Morgan fingerprint density at radius 1 is 1.13 bits per heavy atom. The number of nitrogens with one attached hydrogen (secondary N) is 1. The van der Waals surface area contributed by atoms with Crippen molar-refractivity contribution in [3.63, 3.8) is 0 Å². The molecule has 8 heteroatoms. The maximum atomic E-state index is 14.6. The first-order valence-electron chi connectivity index (χ1n) is 10.5. The van der Waals surface area contributed by atoms with E-state index < -0.39 is 5.82 Å². The predicted octanol–water partition coefficient (Wildman–Crippen LogP) is 3.79. The van der Waals surface area contributed by atoms with Gasteiger partial charge in [-0.3, -0.25) is 0 Å². The number of aromatic nitrogens is 3. The molecule has 2 saturated heterocycles. The van der Waals surface area contributed by atoms with Gasteiger partial charge in [0.05, 0.1) is 11.9 Å². The first-order valence-corrected chi connectivity index (χ1v) is 10.5. The second kappa shape index (κ2) is 6.42. The summed E-state index contributed by atoms with van der Waals surface area (Å²) in [4.78, 5) is 21.0. The van der Waals surface area contributed by atoms with Crippen molar-refractivity contribution < 1.29 is 9.18 Å². The van der Waals surface area contributed by atoms with E-state index in [0.717, 1.165) is 50.1 Å². The minimum Gasteiger partial charge on any atom is -0.369 e. The molecule has 3 fully saturated rings. The van der Waals surface area contributed by atoms with Crippen molar-refractivity contribution in [1.29, 1.82) is 0 Å². The number of carbonyl (C=O) groups is 1. The number of amides is 2. The van der Waals surface area contributed by atoms with Crippen molar-refractivity contribution in [1.82, 2.24) is 19.7 Å². The van der Waals surface area contributed by atoms with E-state index >= 15 is 0 Å². The Morgan fingerprint density at radius 3 is 2.70 bits per heavy atom. The third-order valence-electron chi connectivity index (χ3n) is 6.56. The highest BCUT2D eigenvalue weighted by Crippen LogP contribution is 2.53. The molecular weight excluding hydrogens is 383 g/mol. The van der Waals surface area contributed by atoms with Crippen LogP contribution in [0.4, 0.5) is 20.6 Å². The Morgan fingerprint density at radius 2 is 1.93 bits per heavy atom. The van der Waals surface area contributed by atoms with Crippen LogP contribution in [-0.2, 0) is 0 Å². The van der Waals surface area contributed by atoms with Gasteiger partial charge in [0.2, 0.25) is 0 Å². The minimum atomic E-state index is -0.402. The molecule has 6 rings (SSSR count). The summed E-state index contributed by atoms with van der Waals surface area (Å²) in [6, 6.07) is 6.46. The van der Waals surface area contributed by atoms with E-state index in [1.54, 1.807) is 23.2 Å².